The third kappa shape index (κ3) is 3.81. The topological polar surface area (TPSA) is 66.0 Å². The molecule has 1 rings (SSSR count). The van der Waals surface area contributed by atoms with Gasteiger partial charge in [0.15, 0.2) is 0 Å². The lowest BCUT2D eigenvalue weighted by atomic mass is 10.5. The lowest BCUT2D eigenvalue weighted by Gasteiger charge is -2.10. The van der Waals surface area contributed by atoms with Crippen molar-refractivity contribution in [3.8, 4) is 0 Å². The molecule has 0 spiro atoms. The fraction of sp³-hybridized carbons (Fsp3) is 0.400. The van der Waals surface area contributed by atoms with Gasteiger partial charge in [-0.25, -0.2) is 28.1 Å². The van der Waals surface area contributed by atoms with Gasteiger partial charge < -0.3 is 0 Å². The first kappa shape index (κ1) is 16.7. The molecule has 0 atom stereocenters. The van der Waals surface area contributed by atoms with Gasteiger partial charge in [0.1, 0.15) is 0 Å². The van der Waals surface area contributed by atoms with E-state index < -0.39 is 17.1 Å². The second-order valence-electron chi connectivity index (χ2n) is 4.39. The first-order chi connectivity index (χ1) is 10.1. The minimum atomic E-state index is -0.585. The molecule has 1 aromatic rings. The smallest absolute Gasteiger partial charge is 0.247 e. The van der Waals surface area contributed by atoms with E-state index in [-0.39, 0.29) is 19.6 Å². The lowest BCUT2D eigenvalue weighted by Crippen LogP contribution is -2.54. The summed E-state index contributed by atoms with van der Waals surface area (Å²) in [6.07, 6.45) is 10.4. The highest BCUT2D eigenvalue weighted by Gasteiger charge is 2.12. The summed E-state index contributed by atoms with van der Waals surface area (Å²) in [5.41, 5.74) is -1.76. The minimum absolute atomic E-state index is 0.153. The molecule has 0 radical (unpaired) electrons. The van der Waals surface area contributed by atoms with E-state index in [0.717, 1.165) is 13.7 Å². The fourth-order valence-electron chi connectivity index (χ4n) is 1.78. The highest BCUT2D eigenvalue weighted by Crippen LogP contribution is 1.83. The quantitative estimate of drug-likeness (QED) is 0.731. The minimum Gasteiger partial charge on any atom is -0.247 e. The molecule has 0 saturated heterocycles. The molecule has 0 unspecified atom stereocenters. The number of hydrogen-bond acceptors (Lipinski definition) is 3. The molecule has 0 fully saturated rings. The van der Waals surface area contributed by atoms with Crippen LogP contribution in [0.3, 0.4) is 0 Å². The average molecular weight is 291 g/mol. The van der Waals surface area contributed by atoms with E-state index in [1.165, 1.54) is 0 Å². The molecule has 1 aromatic heterocycles. The van der Waals surface area contributed by atoms with Crippen LogP contribution in [0.4, 0.5) is 0 Å². The Morgan fingerprint density at radius 3 is 1.05 bits per heavy atom. The molecular formula is C15H21N3O3. The molecule has 0 saturated carbocycles. The zero-order chi connectivity index (χ0) is 15.8. The molecule has 0 amide bonds. The summed E-state index contributed by atoms with van der Waals surface area (Å²) in [5, 5.41) is 0. The Bertz CT molecular complexity index is 600. The number of allylic oxidation sites excluding steroid dienone is 6. The zero-order valence-electron chi connectivity index (χ0n) is 12.7. The van der Waals surface area contributed by atoms with E-state index in [4.69, 9.17) is 0 Å². The van der Waals surface area contributed by atoms with Crippen molar-refractivity contribution in [3.63, 3.8) is 0 Å². The van der Waals surface area contributed by atoms with Gasteiger partial charge in [0.05, 0.1) is 19.6 Å². The van der Waals surface area contributed by atoms with E-state index in [2.05, 4.69) is 0 Å². The fourth-order valence-corrected chi connectivity index (χ4v) is 1.78. The molecule has 0 aliphatic carbocycles. The third-order valence-corrected chi connectivity index (χ3v) is 2.96. The van der Waals surface area contributed by atoms with E-state index >= 15 is 0 Å². The van der Waals surface area contributed by atoms with Gasteiger partial charge in [0.25, 0.3) is 0 Å². The van der Waals surface area contributed by atoms with Gasteiger partial charge in [0.2, 0.25) is 0 Å². The summed E-state index contributed by atoms with van der Waals surface area (Å²) < 4.78 is 3.19. The van der Waals surface area contributed by atoms with Crippen LogP contribution in [0.15, 0.2) is 50.8 Å². The lowest BCUT2D eigenvalue weighted by molar-refractivity contribution is 0.501. The predicted molar refractivity (Wildman–Crippen MR) is 83.7 cm³/mol. The van der Waals surface area contributed by atoms with E-state index in [0.29, 0.717) is 0 Å². The SMILES string of the molecule is C/C=C/Cn1c(=O)n(C/C=C/C)c(=O)n(C/C=C/C)c1=O. The highest BCUT2D eigenvalue weighted by atomic mass is 16.2. The Labute approximate surface area is 123 Å². The van der Waals surface area contributed by atoms with Crippen LogP contribution in [0.2, 0.25) is 0 Å². The number of aromatic nitrogens is 3. The van der Waals surface area contributed by atoms with Crippen molar-refractivity contribution in [2.24, 2.45) is 0 Å². The summed E-state index contributed by atoms with van der Waals surface area (Å²) in [5.74, 6) is 0. The molecule has 1 heterocycles. The first-order valence-electron chi connectivity index (χ1n) is 6.86. The largest absolute Gasteiger partial charge is 0.336 e. The molecule has 6 nitrogen and oxygen atoms in total. The summed E-state index contributed by atoms with van der Waals surface area (Å²) in [6, 6.07) is 0. The second kappa shape index (κ2) is 8.04. The van der Waals surface area contributed by atoms with Crippen molar-refractivity contribution in [1.29, 1.82) is 0 Å². The Hall–Kier alpha value is -2.37. The van der Waals surface area contributed by atoms with E-state index in [1.807, 2.05) is 0 Å². The molecular weight excluding hydrogens is 270 g/mol. The molecule has 6 heteroatoms. The average Bonchev–Trinajstić information content (AvgIpc) is 2.47. The summed E-state index contributed by atoms with van der Waals surface area (Å²) in [4.78, 5) is 36.8. The van der Waals surface area contributed by atoms with Gasteiger partial charge in [-0.05, 0) is 20.8 Å². The van der Waals surface area contributed by atoms with Crippen LogP contribution < -0.4 is 17.1 Å². The number of nitrogens with zero attached hydrogens (tertiary/aromatic N) is 3. The maximum atomic E-state index is 12.3. The Kier molecular flexibility index (Phi) is 6.39. The van der Waals surface area contributed by atoms with Gasteiger partial charge in [-0.15, -0.1) is 0 Å². The van der Waals surface area contributed by atoms with Crippen molar-refractivity contribution < 1.29 is 0 Å². The first-order valence-corrected chi connectivity index (χ1v) is 6.86. The van der Waals surface area contributed by atoms with Crippen LogP contribution in [0, 0.1) is 0 Å². The Morgan fingerprint density at radius 1 is 0.619 bits per heavy atom. The Morgan fingerprint density at radius 2 is 0.857 bits per heavy atom. The maximum absolute atomic E-state index is 12.3. The molecule has 0 aliphatic rings. The van der Waals surface area contributed by atoms with Gasteiger partial charge in [-0.2, -0.15) is 0 Å². The van der Waals surface area contributed by atoms with Gasteiger partial charge >= 0.3 is 17.1 Å². The van der Waals surface area contributed by atoms with Crippen LogP contribution in [-0.4, -0.2) is 13.7 Å². The van der Waals surface area contributed by atoms with Crippen LogP contribution in [0.25, 0.3) is 0 Å². The van der Waals surface area contributed by atoms with Crippen molar-refractivity contribution in [3.05, 3.63) is 67.9 Å². The molecule has 0 bridgehead atoms. The second-order valence-corrected chi connectivity index (χ2v) is 4.39. The van der Waals surface area contributed by atoms with Crippen molar-refractivity contribution in [2.75, 3.05) is 0 Å². The summed E-state index contributed by atoms with van der Waals surface area (Å²) in [6.45, 7) is 5.87. The van der Waals surface area contributed by atoms with Gasteiger partial charge in [-0.1, -0.05) is 36.5 Å². The van der Waals surface area contributed by atoms with Crippen LogP contribution >= 0.6 is 0 Å². The van der Waals surface area contributed by atoms with Crippen molar-refractivity contribution >= 4 is 0 Å². The van der Waals surface area contributed by atoms with Crippen molar-refractivity contribution in [1.82, 2.24) is 13.7 Å². The standard InChI is InChI=1S/C15H21N3O3/c1-4-7-10-16-13(19)17(11-8-5-2)15(21)18(14(16)20)12-9-6-3/h4-9H,10-12H2,1-3H3/b7-4+,8-5+,9-6+. The maximum Gasteiger partial charge on any atom is 0.336 e. The number of hydrogen-bond donors (Lipinski definition) is 0. The molecule has 0 N–H and O–H groups in total. The summed E-state index contributed by atoms with van der Waals surface area (Å²) >= 11 is 0. The third-order valence-electron chi connectivity index (χ3n) is 2.96. The van der Waals surface area contributed by atoms with Crippen LogP contribution in [0.5, 0.6) is 0 Å². The monoisotopic (exact) mass is 291 g/mol. The molecule has 0 aliphatic heterocycles. The van der Waals surface area contributed by atoms with Crippen LogP contribution in [-0.2, 0) is 19.6 Å². The van der Waals surface area contributed by atoms with Crippen LogP contribution in [0.1, 0.15) is 20.8 Å². The zero-order valence-corrected chi connectivity index (χ0v) is 12.7. The number of rotatable bonds is 6. The van der Waals surface area contributed by atoms with Gasteiger partial charge in [-0.3, -0.25) is 0 Å². The Balaban J connectivity index is 3.61. The summed E-state index contributed by atoms with van der Waals surface area (Å²) in [7, 11) is 0. The molecule has 114 valence electrons. The van der Waals surface area contributed by atoms with E-state index in [9.17, 15) is 14.4 Å². The van der Waals surface area contributed by atoms with E-state index in [1.54, 1.807) is 57.2 Å². The van der Waals surface area contributed by atoms with Crippen molar-refractivity contribution in [2.45, 2.75) is 40.4 Å². The van der Waals surface area contributed by atoms with Gasteiger partial charge in [0, 0.05) is 0 Å². The normalized spacial score (nSPS) is 12.1. The predicted octanol–water partition coefficient (Wildman–Crippen LogP) is 0.900. The molecule has 21 heavy (non-hydrogen) atoms. The highest BCUT2D eigenvalue weighted by molar-refractivity contribution is 4.89. The molecule has 0 aromatic carbocycles.